The number of carbonyl (C=O) groups excluding carboxylic acids is 2. The molecule has 1 unspecified atom stereocenters. The predicted octanol–water partition coefficient (Wildman–Crippen LogP) is 1.46. The van der Waals surface area contributed by atoms with Crippen LogP contribution in [0.15, 0.2) is 0 Å². The molecule has 1 saturated carbocycles. The van der Waals surface area contributed by atoms with Crippen LogP contribution in [0.1, 0.15) is 52.9 Å². The lowest BCUT2D eigenvalue weighted by atomic mass is 9.76. The lowest BCUT2D eigenvalue weighted by molar-refractivity contribution is -0.167. The normalized spacial score (nSPS) is 26.5. The lowest BCUT2D eigenvalue weighted by Gasteiger charge is -2.53. The van der Waals surface area contributed by atoms with Gasteiger partial charge in [0.1, 0.15) is 11.1 Å². The van der Waals surface area contributed by atoms with E-state index in [4.69, 9.17) is 4.74 Å². The Balaban J connectivity index is 2.34. The topological polar surface area (TPSA) is 58.6 Å². The Morgan fingerprint density at radius 1 is 1.25 bits per heavy atom. The number of hydrogen-bond acceptors (Lipinski definition) is 3. The molecule has 5 nitrogen and oxygen atoms in total. The molecule has 0 bridgehead atoms. The molecular formula is C15H26N2O3. The number of methoxy groups -OCH3 is 1. The summed E-state index contributed by atoms with van der Waals surface area (Å²) in [6.07, 6.45) is 4.65. The molecular weight excluding hydrogens is 256 g/mol. The largest absolute Gasteiger partial charge is 0.383 e. The molecule has 114 valence electrons. The van der Waals surface area contributed by atoms with Crippen LogP contribution in [-0.2, 0) is 14.3 Å². The highest BCUT2D eigenvalue weighted by molar-refractivity contribution is 6.02. The monoisotopic (exact) mass is 282 g/mol. The van der Waals surface area contributed by atoms with E-state index < -0.39 is 11.1 Å². The molecule has 0 aromatic carbocycles. The van der Waals surface area contributed by atoms with E-state index in [1.807, 2.05) is 20.8 Å². The van der Waals surface area contributed by atoms with Crippen molar-refractivity contribution in [3.63, 3.8) is 0 Å². The first-order valence-corrected chi connectivity index (χ1v) is 7.50. The van der Waals surface area contributed by atoms with Crippen LogP contribution in [0.2, 0.25) is 0 Å². The van der Waals surface area contributed by atoms with E-state index in [-0.39, 0.29) is 17.9 Å². The lowest BCUT2D eigenvalue weighted by Crippen LogP contribution is -2.76. The molecule has 1 spiro atoms. The number of piperazine rings is 1. The zero-order chi connectivity index (χ0) is 15.0. The first-order chi connectivity index (χ1) is 9.35. The second-order valence-corrected chi connectivity index (χ2v) is 6.64. The van der Waals surface area contributed by atoms with Crippen molar-refractivity contribution in [2.24, 2.45) is 0 Å². The Labute approximate surface area is 121 Å². The van der Waals surface area contributed by atoms with Gasteiger partial charge in [-0.2, -0.15) is 0 Å². The van der Waals surface area contributed by atoms with Gasteiger partial charge in [0.15, 0.2) is 0 Å². The number of rotatable bonds is 3. The summed E-state index contributed by atoms with van der Waals surface area (Å²) < 4.78 is 5.18. The van der Waals surface area contributed by atoms with Crippen molar-refractivity contribution in [2.75, 3.05) is 13.7 Å². The van der Waals surface area contributed by atoms with Crippen LogP contribution in [0.25, 0.3) is 0 Å². The molecule has 1 saturated heterocycles. The van der Waals surface area contributed by atoms with Gasteiger partial charge in [-0.3, -0.25) is 9.59 Å². The summed E-state index contributed by atoms with van der Waals surface area (Å²) >= 11 is 0. The van der Waals surface area contributed by atoms with Gasteiger partial charge in [-0.15, -0.1) is 0 Å². The molecule has 20 heavy (non-hydrogen) atoms. The maximum Gasteiger partial charge on any atom is 0.249 e. The first kappa shape index (κ1) is 15.3. The number of amides is 2. The van der Waals surface area contributed by atoms with E-state index in [1.165, 1.54) is 0 Å². The SMILES string of the molecule is COCC(C)N1C(=O)C2(CCCCC2)NC(=O)C1(C)C. The zero-order valence-corrected chi connectivity index (χ0v) is 13.0. The Morgan fingerprint density at radius 2 is 1.85 bits per heavy atom. The van der Waals surface area contributed by atoms with Crippen molar-refractivity contribution >= 4 is 11.8 Å². The maximum absolute atomic E-state index is 13.0. The highest BCUT2D eigenvalue weighted by atomic mass is 16.5. The molecule has 5 heteroatoms. The molecule has 2 amide bonds. The van der Waals surface area contributed by atoms with Gasteiger partial charge in [-0.05, 0) is 33.6 Å². The summed E-state index contributed by atoms with van der Waals surface area (Å²) in [5, 5.41) is 3.03. The first-order valence-electron chi connectivity index (χ1n) is 7.50. The third kappa shape index (κ3) is 2.32. The third-order valence-corrected chi connectivity index (χ3v) is 4.69. The van der Waals surface area contributed by atoms with Crippen LogP contribution in [0.4, 0.5) is 0 Å². The van der Waals surface area contributed by atoms with Crippen LogP contribution >= 0.6 is 0 Å². The summed E-state index contributed by atoms with van der Waals surface area (Å²) in [6, 6.07) is -0.104. The minimum absolute atomic E-state index is 0.0537. The highest BCUT2D eigenvalue weighted by Crippen LogP contribution is 2.37. The number of nitrogens with one attached hydrogen (secondary N) is 1. The van der Waals surface area contributed by atoms with Crippen LogP contribution < -0.4 is 5.32 Å². The van der Waals surface area contributed by atoms with E-state index in [0.29, 0.717) is 6.61 Å². The number of nitrogens with zero attached hydrogens (tertiary/aromatic N) is 1. The van der Waals surface area contributed by atoms with Crippen LogP contribution in [-0.4, -0.2) is 47.6 Å². The summed E-state index contributed by atoms with van der Waals surface area (Å²) in [5.74, 6) is 0.00769. The Bertz CT molecular complexity index is 400. The van der Waals surface area contributed by atoms with Gasteiger partial charge in [0.05, 0.1) is 12.6 Å². The molecule has 1 aliphatic heterocycles. The van der Waals surface area contributed by atoms with Gasteiger partial charge in [0.2, 0.25) is 11.8 Å². The fourth-order valence-corrected chi connectivity index (χ4v) is 3.58. The average Bonchev–Trinajstić information content (AvgIpc) is 2.38. The van der Waals surface area contributed by atoms with Gasteiger partial charge >= 0.3 is 0 Å². The minimum atomic E-state index is -0.822. The van der Waals surface area contributed by atoms with E-state index in [1.54, 1.807) is 12.0 Å². The minimum Gasteiger partial charge on any atom is -0.383 e. The average molecular weight is 282 g/mol. The van der Waals surface area contributed by atoms with Crippen molar-refractivity contribution < 1.29 is 14.3 Å². The Morgan fingerprint density at radius 3 is 2.40 bits per heavy atom. The van der Waals surface area contributed by atoms with Crippen molar-refractivity contribution in [3.05, 3.63) is 0 Å². The standard InChI is InChI=1S/C15H26N2O3/c1-11(10-20-4)17-13(19)15(8-6-5-7-9-15)16-12(18)14(17,2)3/h11H,5-10H2,1-4H3,(H,16,18). The van der Waals surface area contributed by atoms with Crippen molar-refractivity contribution in [1.29, 1.82) is 0 Å². The second-order valence-electron chi connectivity index (χ2n) is 6.64. The van der Waals surface area contributed by atoms with E-state index >= 15 is 0 Å². The van der Waals surface area contributed by atoms with Gasteiger partial charge < -0.3 is 15.0 Å². The van der Waals surface area contributed by atoms with E-state index in [2.05, 4.69) is 5.32 Å². The number of carbonyl (C=O) groups is 2. The van der Waals surface area contributed by atoms with Crippen LogP contribution in [0.5, 0.6) is 0 Å². The van der Waals surface area contributed by atoms with Crippen LogP contribution in [0, 0.1) is 0 Å². The molecule has 1 aliphatic carbocycles. The molecule has 2 aliphatic rings. The van der Waals surface area contributed by atoms with E-state index in [0.717, 1.165) is 32.1 Å². The maximum atomic E-state index is 13.0. The molecule has 1 N–H and O–H groups in total. The summed E-state index contributed by atoms with van der Waals surface area (Å²) in [6.45, 7) is 6.00. The highest BCUT2D eigenvalue weighted by Gasteiger charge is 2.55. The van der Waals surface area contributed by atoms with Crippen molar-refractivity contribution in [3.8, 4) is 0 Å². The summed E-state index contributed by atoms with van der Waals surface area (Å²) in [5.41, 5.74) is -1.50. The zero-order valence-electron chi connectivity index (χ0n) is 13.0. The van der Waals surface area contributed by atoms with Crippen molar-refractivity contribution in [2.45, 2.75) is 70.0 Å². The van der Waals surface area contributed by atoms with Gasteiger partial charge in [0.25, 0.3) is 0 Å². The smallest absolute Gasteiger partial charge is 0.249 e. The second kappa shape index (κ2) is 5.35. The molecule has 1 atom stereocenters. The third-order valence-electron chi connectivity index (χ3n) is 4.69. The molecule has 0 aromatic heterocycles. The summed E-state index contributed by atoms with van der Waals surface area (Å²) in [7, 11) is 1.62. The Hall–Kier alpha value is -1.10. The van der Waals surface area contributed by atoms with Gasteiger partial charge in [-0.1, -0.05) is 19.3 Å². The van der Waals surface area contributed by atoms with Crippen molar-refractivity contribution in [1.82, 2.24) is 10.2 Å². The fourth-order valence-electron chi connectivity index (χ4n) is 3.58. The predicted molar refractivity (Wildman–Crippen MR) is 76.2 cm³/mol. The van der Waals surface area contributed by atoms with Gasteiger partial charge in [0, 0.05) is 7.11 Å². The van der Waals surface area contributed by atoms with Crippen LogP contribution in [0.3, 0.4) is 0 Å². The molecule has 0 aromatic rings. The van der Waals surface area contributed by atoms with E-state index in [9.17, 15) is 9.59 Å². The number of hydrogen-bond donors (Lipinski definition) is 1. The number of ether oxygens (including phenoxy) is 1. The van der Waals surface area contributed by atoms with Gasteiger partial charge in [-0.25, -0.2) is 0 Å². The molecule has 2 fully saturated rings. The molecule has 2 rings (SSSR count). The summed E-state index contributed by atoms with van der Waals surface area (Å²) in [4.78, 5) is 27.3. The Kier molecular flexibility index (Phi) is 4.09. The fraction of sp³-hybridized carbons (Fsp3) is 0.867. The molecule has 0 radical (unpaired) electrons. The quantitative estimate of drug-likeness (QED) is 0.852. The molecule has 1 heterocycles.